The smallest absolute Gasteiger partial charge is 0.306 e. The van der Waals surface area contributed by atoms with Crippen molar-refractivity contribution in [2.45, 2.75) is 39.4 Å². The lowest BCUT2D eigenvalue weighted by Crippen LogP contribution is -2.57. The zero-order chi connectivity index (χ0) is 22.6. The summed E-state index contributed by atoms with van der Waals surface area (Å²) in [6.07, 6.45) is 3.08. The molecule has 3 rings (SSSR count). The van der Waals surface area contributed by atoms with Crippen LogP contribution in [0, 0.1) is 5.82 Å². The quantitative estimate of drug-likeness (QED) is 0.707. The number of sulfonamides is 1. The van der Waals surface area contributed by atoms with Crippen molar-refractivity contribution in [3.05, 3.63) is 54.1 Å². The number of rotatable bonds is 6. The van der Waals surface area contributed by atoms with Gasteiger partial charge in [0.15, 0.2) is 5.82 Å². The fourth-order valence-corrected chi connectivity index (χ4v) is 5.00. The summed E-state index contributed by atoms with van der Waals surface area (Å²) in [5, 5.41) is 5.14. The van der Waals surface area contributed by atoms with E-state index in [0.717, 1.165) is 0 Å². The molecule has 1 aromatic carbocycles. The van der Waals surface area contributed by atoms with Gasteiger partial charge in [0.25, 0.3) is 0 Å². The summed E-state index contributed by atoms with van der Waals surface area (Å²) in [7, 11) is -3.26. The molecule has 10 heteroatoms. The van der Waals surface area contributed by atoms with E-state index in [0.29, 0.717) is 30.9 Å². The molecule has 8 nitrogen and oxygen atoms in total. The van der Waals surface area contributed by atoms with Crippen LogP contribution in [0.4, 0.5) is 20.6 Å². The molecule has 2 N–H and O–H groups in total. The van der Waals surface area contributed by atoms with Gasteiger partial charge in [-0.25, -0.2) is 17.6 Å². The van der Waals surface area contributed by atoms with E-state index < -0.39 is 21.9 Å². The average Bonchev–Trinajstić information content (AvgIpc) is 2.73. The SMILES string of the molecule is CCS(=O)(=O)N1C[C@@H](C)N(Cc2cccc(NC(=O)Nc3cccnc3)c2F)[C@@H](C)C1. The van der Waals surface area contributed by atoms with Gasteiger partial charge in [-0.3, -0.25) is 9.88 Å². The molecule has 1 fully saturated rings. The number of halogens is 1. The van der Waals surface area contributed by atoms with E-state index in [1.807, 2.05) is 13.8 Å². The molecule has 1 aromatic heterocycles. The van der Waals surface area contributed by atoms with Crippen molar-refractivity contribution in [1.82, 2.24) is 14.2 Å². The molecule has 0 bridgehead atoms. The Balaban J connectivity index is 1.69. The van der Waals surface area contributed by atoms with Crippen LogP contribution in [0.2, 0.25) is 0 Å². The number of pyridine rings is 1. The van der Waals surface area contributed by atoms with Crippen LogP contribution in [-0.2, 0) is 16.6 Å². The van der Waals surface area contributed by atoms with Crippen molar-refractivity contribution >= 4 is 27.4 Å². The number of amides is 2. The molecule has 0 spiro atoms. The topological polar surface area (TPSA) is 94.6 Å². The van der Waals surface area contributed by atoms with Crippen molar-refractivity contribution in [3.8, 4) is 0 Å². The molecular weight excluding hydrogens is 421 g/mol. The minimum Gasteiger partial charge on any atom is -0.306 e. The van der Waals surface area contributed by atoms with Gasteiger partial charge in [0.1, 0.15) is 0 Å². The van der Waals surface area contributed by atoms with Crippen molar-refractivity contribution in [2.75, 3.05) is 29.5 Å². The number of hydrogen-bond donors (Lipinski definition) is 2. The number of aromatic nitrogens is 1. The van der Waals surface area contributed by atoms with E-state index in [1.165, 1.54) is 16.6 Å². The molecule has 168 valence electrons. The maximum atomic E-state index is 15.1. The van der Waals surface area contributed by atoms with Gasteiger partial charge in [0.05, 0.1) is 23.3 Å². The van der Waals surface area contributed by atoms with Crippen LogP contribution in [0.25, 0.3) is 0 Å². The Morgan fingerprint density at radius 2 is 1.87 bits per heavy atom. The molecule has 1 saturated heterocycles. The van der Waals surface area contributed by atoms with E-state index in [9.17, 15) is 13.2 Å². The summed E-state index contributed by atoms with van der Waals surface area (Å²) in [4.78, 5) is 18.2. The highest BCUT2D eigenvalue weighted by Gasteiger charge is 2.34. The number of piperazine rings is 1. The Kier molecular flexibility index (Phi) is 7.24. The second-order valence-electron chi connectivity index (χ2n) is 7.69. The minimum absolute atomic E-state index is 0.0654. The number of anilines is 2. The average molecular weight is 450 g/mol. The van der Waals surface area contributed by atoms with E-state index in [-0.39, 0.29) is 23.5 Å². The Morgan fingerprint density at radius 3 is 2.48 bits per heavy atom. The molecular formula is C21H28FN5O3S. The number of nitrogens with one attached hydrogen (secondary N) is 2. The third-order valence-electron chi connectivity index (χ3n) is 5.43. The highest BCUT2D eigenvalue weighted by Crippen LogP contribution is 2.25. The number of urea groups is 1. The normalized spacial score (nSPS) is 20.4. The molecule has 2 aromatic rings. The summed E-state index contributed by atoms with van der Waals surface area (Å²) < 4.78 is 41.1. The van der Waals surface area contributed by atoms with Crippen LogP contribution in [-0.4, -0.2) is 59.6 Å². The lowest BCUT2D eigenvalue weighted by Gasteiger charge is -2.43. The van der Waals surface area contributed by atoms with Gasteiger partial charge in [-0.1, -0.05) is 12.1 Å². The molecule has 0 saturated carbocycles. The number of nitrogens with zero attached hydrogens (tertiary/aromatic N) is 3. The third-order valence-corrected chi connectivity index (χ3v) is 7.24. The Labute approximate surface area is 182 Å². The third kappa shape index (κ3) is 5.57. The highest BCUT2D eigenvalue weighted by atomic mass is 32.2. The van der Waals surface area contributed by atoms with E-state index in [4.69, 9.17) is 0 Å². The number of carbonyl (C=O) groups excluding carboxylic acids is 1. The monoisotopic (exact) mass is 449 g/mol. The van der Waals surface area contributed by atoms with Gasteiger partial charge in [-0.15, -0.1) is 0 Å². The maximum Gasteiger partial charge on any atom is 0.323 e. The van der Waals surface area contributed by atoms with Crippen LogP contribution >= 0.6 is 0 Å². The highest BCUT2D eigenvalue weighted by molar-refractivity contribution is 7.89. The van der Waals surface area contributed by atoms with E-state index in [2.05, 4.69) is 20.5 Å². The zero-order valence-electron chi connectivity index (χ0n) is 17.9. The molecule has 0 unspecified atom stereocenters. The first kappa shape index (κ1) is 23.1. The molecule has 1 aliphatic heterocycles. The zero-order valence-corrected chi connectivity index (χ0v) is 18.7. The largest absolute Gasteiger partial charge is 0.323 e. The van der Waals surface area contributed by atoms with Gasteiger partial charge in [-0.2, -0.15) is 4.31 Å². The molecule has 1 aliphatic rings. The Hall–Kier alpha value is -2.56. The van der Waals surface area contributed by atoms with Crippen molar-refractivity contribution in [1.29, 1.82) is 0 Å². The van der Waals surface area contributed by atoms with Gasteiger partial charge < -0.3 is 10.6 Å². The lowest BCUT2D eigenvalue weighted by molar-refractivity contribution is 0.0690. The van der Waals surface area contributed by atoms with Crippen molar-refractivity contribution in [3.63, 3.8) is 0 Å². The van der Waals surface area contributed by atoms with Crippen LogP contribution in [0.15, 0.2) is 42.7 Å². The van der Waals surface area contributed by atoms with Crippen LogP contribution in [0.1, 0.15) is 26.3 Å². The first-order valence-electron chi connectivity index (χ1n) is 10.2. The standard InChI is InChI=1S/C21H28FN5O3S/c1-4-31(29,30)26-12-15(2)27(16(3)13-26)14-17-7-5-9-19(20(17)22)25-21(28)24-18-8-6-10-23-11-18/h5-11,15-16H,4,12-14H2,1-3H3,(H2,24,25,28)/t15-,16+. The van der Waals surface area contributed by atoms with E-state index >= 15 is 4.39 Å². The van der Waals surface area contributed by atoms with E-state index in [1.54, 1.807) is 37.4 Å². The Bertz CT molecular complexity index is 1010. The second kappa shape index (κ2) is 9.71. The number of carbonyl (C=O) groups is 1. The summed E-state index contributed by atoms with van der Waals surface area (Å²) >= 11 is 0. The Morgan fingerprint density at radius 1 is 1.16 bits per heavy atom. The van der Waals surface area contributed by atoms with Crippen molar-refractivity contribution in [2.24, 2.45) is 0 Å². The van der Waals surface area contributed by atoms with Gasteiger partial charge in [0.2, 0.25) is 10.0 Å². The molecule has 2 amide bonds. The van der Waals surface area contributed by atoms with Gasteiger partial charge in [0, 0.05) is 43.5 Å². The molecule has 2 heterocycles. The first-order chi connectivity index (χ1) is 14.7. The molecule has 31 heavy (non-hydrogen) atoms. The predicted molar refractivity (Wildman–Crippen MR) is 119 cm³/mol. The molecule has 0 radical (unpaired) electrons. The second-order valence-corrected chi connectivity index (χ2v) is 9.95. The number of hydrogen-bond acceptors (Lipinski definition) is 5. The summed E-state index contributed by atoms with van der Waals surface area (Å²) in [5.74, 6) is -0.442. The summed E-state index contributed by atoms with van der Waals surface area (Å²) in [6.45, 7) is 6.56. The minimum atomic E-state index is -3.26. The number of benzene rings is 1. The van der Waals surface area contributed by atoms with Gasteiger partial charge >= 0.3 is 6.03 Å². The lowest BCUT2D eigenvalue weighted by atomic mass is 10.1. The van der Waals surface area contributed by atoms with Crippen molar-refractivity contribution < 1.29 is 17.6 Å². The maximum absolute atomic E-state index is 15.1. The molecule has 2 atom stereocenters. The fraction of sp³-hybridized carbons (Fsp3) is 0.429. The molecule has 0 aliphatic carbocycles. The first-order valence-corrected chi connectivity index (χ1v) is 11.8. The van der Waals surface area contributed by atoms with Crippen LogP contribution < -0.4 is 10.6 Å². The predicted octanol–water partition coefficient (Wildman–Crippen LogP) is 3.11. The van der Waals surface area contributed by atoms with Crippen LogP contribution in [0.3, 0.4) is 0 Å². The van der Waals surface area contributed by atoms with Crippen LogP contribution in [0.5, 0.6) is 0 Å². The summed E-state index contributed by atoms with van der Waals surface area (Å²) in [6, 6.07) is 7.51. The van der Waals surface area contributed by atoms with Gasteiger partial charge in [-0.05, 0) is 39.0 Å². The summed E-state index contributed by atoms with van der Waals surface area (Å²) in [5.41, 5.74) is 1.01. The fourth-order valence-electron chi connectivity index (χ4n) is 3.75.